The van der Waals surface area contributed by atoms with Crippen molar-refractivity contribution in [2.75, 3.05) is 7.11 Å². The van der Waals surface area contributed by atoms with Crippen molar-refractivity contribution in [2.45, 2.75) is 32.2 Å². The standard InChI is InChI=1S/C15H19N3O/c1-9-7-11(5-6-13(9)19-2)15-17-12(8-16)14(18-15)10-3-4-10/h5-7,10H,3-4,8,16H2,1-2H3,(H,17,18). The van der Waals surface area contributed by atoms with Gasteiger partial charge in [-0.2, -0.15) is 0 Å². The Labute approximate surface area is 113 Å². The van der Waals surface area contributed by atoms with Crippen molar-refractivity contribution in [1.29, 1.82) is 0 Å². The van der Waals surface area contributed by atoms with Crippen molar-refractivity contribution in [2.24, 2.45) is 5.73 Å². The number of benzene rings is 1. The molecule has 0 atom stereocenters. The van der Waals surface area contributed by atoms with Crippen LogP contribution in [0, 0.1) is 6.92 Å². The van der Waals surface area contributed by atoms with E-state index in [-0.39, 0.29) is 0 Å². The normalized spacial score (nSPS) is 14.7. The average Bonchev–Trinajstić information content (AvgIpc) is 3.18. The second-order valence-electron chi connectivity index (χ2n) is 5.11. The highest BCUT2D eigenvalue weighted by Gasteiger charge is 2.29. The highest BCUT2D eigenvalue weighted by atomic mass is 16.5. The van der Waals surface area contributed by atoms with Crippen molar-refractivity contribution in [1.82, 2.24) is 9.97 Å². The Hall–Kier alpha value is -1.81. The molecule has 0 amide bonds. The lowest BCUT2D eigenvalue weighted by Gasteiger charge is -2.05. The Kier molecular flexibility index (Phi) is 3.03. The first-order chi connectivity index (χ1) is 9.22. The molecule has 0 bridgehead atoms. The number of methoxy groups -OCH3 is 1. The SMILES string of the molecule is COc1ccc(-c2nc(C3CC3)c(CN)[nH]2)cc1C. The second-order valence-corrected chi connectivity index (χ2v) is 5.11. The van der Waals surface area contributed by atoms with Crippen LogP contribution in [0.15, 0.2) is 18.2 Å². The summed E-state index contributed by atoms with van der Waals surface area (Å²) in [5.74, 6) is 2.42. The fraction of sp³-hybridized carbons (Fsp3) is 0.400. The first-order valence-corrected chi connectivity index (χ1v) is 6.66. The highest BCUT2D eigenvalue weighted by Crippen LogP contribution is 2.41. The lowest BCUT2D eigenvalue weighted by atomic mass is 10.1. The minimum Gasteiger partial charge on any atom is -0.496 e. The topological polar surface area (TPSA) is 63.9 Å². The first kappa shape index (κ1) is 12.2. The monoisotopic (exact) mass is 257 g/mol. The predicted molar refractivity (Wildman–Crippen MR) is 75.2 cm³/mol. The van der Waals surface area contributed by atoms with E-state index in [1.165, 1.54) is 12.8 Å². The minimum absolute atomic E-state index is 0.522. The Morgan fingerprint density at radius 3 is 2.79 bits per heavy atom. The third-order valence-electron chi connectivity index (χ3n) is 3.65. The number of aryl methyl sites for hydroxylation is 1. The van der Waals surface area contributed by atoms with E-state index in [4.69, 9.17) is 15.5 Å². The Morgan fingerprint density at radius 2 is 2.21 bits per heavy atom. The van der Waals surface area contributed by atoms with Gasteiger partial charge < -0.3 is 15.5 Å². The number of aromatic nitrogens is 2. The molecule has 1 aliphatic rings. The van der Waals surface area contributed by atoms with Crippen LogP contribution in [-0.2, 0) is 6.54 Å². The zero-order valence-corrected chi connectivity index (χ0v) is 11.4. The van der Waals surface area contributed by atoms with Gasteiger partial charge in [0.1, 0.15) is 11.6 Å². The van der Waals surface area contributed by atoms with E-state index in [0.717, 1.165) is 34.1 Å². The summed E-state index contributed by atoms with van der Waals surface area (Å²) < 4.78 is 5.28. The van der Waals surface area contributed by atoms with Gasteiger partial charge in [-0.1, -0.05) is 0 Å². The van der Waals surface area contributed by atoms with E-state index in [1.807, 2.05) is 19.1 Å². The van der Waals surface area contributed by atoms with Crippen LogP contribution in [0.25, 0.3) is 11.4 Å². The van der Waals surface area contributed by atoms with Gasteiger partial charge in [0.25, 0.3) is 0 Å². The smallest absolute Gasteiger partial charge is 0.137 e. The Balaban J connectivity index is 1.99. The fourth-order valence-electron chi connectivity index (χ4n) is 2.44. The predicted octanol–water partition coefficient (Wildman–Crippen LogP) is 2.73. The van der Waals surface area contributed by atoms with E-state index < -0.39 is 0 Å². The molecule has 3 rings (SSSR count). The molecule has 4 heteroatoms. The minimum atomic E-state index is 0.522. The molecule has 0 unspecified atom stereocenters. The van der Waals surface area contributed by atoms with Gasteiger partial charge in [0.15, 0.2) is 0 Å². The number of nitrogens with one attached hydrogen (secondary N) is 1. The van der Waals surface area contributed by atoms with Crippen LogP contribution in [0.5, 0.6) is 5.75 Å². The third kappa shape index (κ3) is 2.24. The summed E-state index contributed by atoms with van der Waals surface area (Å²) in [4.78, 5) is 8.09. The van der Waals surface area contributed by atoms with E-state index in [9.17, 15) is 0 Å². The van der Waals surface area contributed by atoms with Crippen molar-refractivity contribution >= 4 is 0 Å². The van der Waals surface area contributed by atoms with Crippen LogP contribution >= 0.6 is 0 Å². The molecule has 3 N–H and O–H groups in total. The van der Waals surface area contributed by atoms with Gasteiger partial charge in [0.2, 0.25) is 0 Å². The van der Waals surface area contributed by atoms with Crippen molar-refractivity contribution in [3.05, 3.63) is 35.2 Å². The first-order valence-electron chi connectivity index (χ1n) is 6.66. The number of imidazole rings is 1. The molecule has 0 spiro atoms. The largest absolute Gasteiger partial charge is 0.496 e. The molecule has 1 heterocycles. The average molecular weight is 257 g/mol. The van der Waals surface area contributed by atoms with Gasteiger partial charge in [0.05, 0.1) is 18.5 Å². The number of hydrogen-bond donors (Lipinski definition) is 2. The van der Waals surface area contributed by atoms with Crippen molar-refractivity contribution in [3.8, 4) is 17.1 Å². The molecule has 1 aromatic carbocycles. The highest BCUT2D eigenvalue weighted by molar-refractivity contribution is 5.59. The summed E-state index contributed by atoms with van der Waals surface area (Å²) in [6.45, 7) is 2.56. The molecule has 1 aliphatic carbocycles. The fourth-order valence-corrected chi connectivity index (χ4v) is 2.44. The summed E-state index contributed by atoms with van der Waals surface area (Å²) in [7, 11) is 1.69. The summed E-state index contributed by atoms with van der Waals surface area (Å²) in [6.07, 6.45) is 2.47. The number of ether oxygens (including phenoxy) is 1. The van der Waals surface area contributed by atoms with Gasteiger partial charge in [-0.25, -0.2) is 4.98 Å². The van der Waals surface area contributed by atoms with E-state index in [0.29, 0.717) is 12.5 Å². The number of H-pyrrole nitrogens is 1. The number of nitrogens with zero attached hydrogens (tertiary/aromatic N) is 1. The molecule has 100 valence electrons. The molecular weight excluding hydrogens is 238 g/mol. The molecule has 1 saturated carbocycles. The van der Waals surface area contributed by atoms with Gasteiger partial charge >= 0.3 is 0 Å². The van der Waals surface area contributed by atoms with Gasteiger partial charge in [-0.05, 0) is 43.5 Å². The molecule has 0 radical (unpaired) electrons. The molecule has 0 saturated heterocycles. The summed E-state index contributed by atoms with van der Waals surface area (Å²) in [5, 5.41) is 0. The van der Waals surface area contributed by atoms with Crippen molar-refractivity contribution in [3.63, 3.8) is 0 Å². The quantitative estimate of drug-likeness (QED) is 0.885. The molecule has 1 aromatic heterocycles. The number of hydrogen-bond acceptors (Lipinski definition) is 3. The molecule has 2 aromatic rings. The summed E-state index contributed by atoms with van der Waals surface area (Å²) >= 11 is 0. The maximum Gasteiger partial charge on any atom is 0.137 e. The molecule has 1 fully saturated rings. The van der Waals surface area contributed by atoms with Crippen LogP contribution in [0.4, 0.5) is 0 Å². The lowest BCUT2D eigenvalue weighted by Crippen LogP contribution is -1.99. The third-order valence-corrected chi connectivity index (χ3v) is 3.65. The molecular formula is C15H19N3O. The van der Waals surface area contributed by atoms with Gasteiger partial charge in [-0.3, -0.25) is 0 Å². The molecule has 4 nitrogen and oxygen atoms in total. The molecule has 19 heavy (non-hydrogen) atoms. The van der Waals surface area contributed by atoms with Crippen LogP contribution in [0.3, 0.4) is 0 Å². The van der Waals surface area contributed by atoms with Crippen molar-refractivity contribution < 1.29 is 4.74 Å². The van der Waals surface area contributed by atoms with E-state index >= 15 is 0 Å². The zero-order valence-electron chi connectivity index (χ0n) is 11.4. The molecule has 0 aliphatic heterocycles. The van der Waals surface area contributed by atoms with E-state index in [2.05, 4.69) is 11.1 Å². The Morgan fingerprint density at radius 1 is 1.42 bits per heavy atom. The maximum atomic E-state index is 5.79. The van der Waals surface area contributed by atoms with Gasteiger partial charge in [-0.15, -0.1) is 0 Å². The Bertz CT molecular complexity index is 599. The summed E-state index contributed by atoms with van der Waals surface area (Å²) in [5.41, 5.74) is 10.2. The number of nitrogens with two attached hydrogens (primary N) is 1. The lowest BCUT2D eigenvalue weighted by molar-refractivity contribution is 0.412. The second kappa shape index (κ2) is 4.70. The van der Waals surface area contributed by atoms with Crippen LogP contribution < -0.4 is 10.5 Å². The maximum absolute atomic E-state index is 5.79. The van der Waals surface area contributed by atoms with Crippen LogP contribution in [0.1, 0.15) is 35.7 Å². The van der Waals surface area contributed by atoms with E-state index in [1.54, 1.807) is 7.11 Å². The van der Waals surface area contributed by atoms with Gasteiger partial charge in [0, 0.05) is 18.0 Å². The number of rotatable bonds is 4. The van der Waals surface area contributed by atoms with Crippen LogP contribution in [0.2, 0.25) is 0 Å². The number of aromatic amines is 1. The summed E-state index contributed by atoms with van der Waals surface area (Å²) in [6, 6.07) is 6.10. The zero-order chi connectivity index (χ0) is 13.4. The van der Waals surface area contributed by atoms with Crippen LogP contribution in [-0.4, -0.2) is 17.1 Å².